The van der Waals surface area contributed by atoms with Crippen LogP contribution in [-0.4, -0.2) is 25.7 Å². The Bertz CT molecular complexity index is 600. The summed E-state index contributed by atoms with van der Waals surface area (Å²) >= 11 is 0. The van der Waals surface area contributed by atoms with E-state index in [9.17, 15) is 4.79 Å². The van der Waals surface area contributed by atoms with Crippen molar-refractivity contribution >= 4 is 17.4 Å². The Kier molecular flexibility index (Phi) is 4.59. The van der Waals surface area contributed by atoms with Crippen molar-refractivity contribution in [2.24, 2.45) is 5.92 Å². The largest absolute Gasteiger partial charge is 0.371 e. The van der Waals surface area contributed by atoms with Crippen LogP contribution in [0.3, 0.4) is 0 Å². The lowest BCUT2D eigenvalue weighted by molar-refractivity contribution is 0.250. The first-order chi connectivity index (χ1) is 10.8. The van der Waals surface area contributed by atoms with Gasteiger partial charge in [0.05, 0.1) is 0 Å². The van der Waals surface area contributed by atoms with Crippen LogP contribution in [0.1, 0.15) is 6.42 Å². The topological polar surface area (TPSA) is 44.4 Å². The van der Waals surface area contributed by atoms with E-state index >= 15 is 0 Å². The summed E-state index contributed by atoms with van der Waals surface area (Å²) in [7, 11) is 0. The Balaban J connectivity index is 1.44. The van der Waals surface area contributed by atoms with Gasteiger partial charge in [-0.25, -0.2) is 4.79 Å². The predicted molar refractivity (Wildman–Crippen MR) is 90.2 cm³/mol. The van der Waals surface area contributed by atoms with Gasteiger partial charge in [-0.3, -0.25) is 0 Å². The fourth-order valence-electron chi connectivity index (χ4n) is 2.81. The smallest absolute Gasteiger partial charge is 0.319 e. The maximum Gasteiger partial charge on any atom is 0.319 e. The minimum atomic E-state index is -0.135. The molecule has 2 aromatic rings. The first-order valence-electron chi connectivity index (χ1n) is 7.71. The van der Waals surface area contributed by atoms with E-state index in [1.165, 1.54) is 5.69 Å². The predicted octanol–water partition coefficient (Wildman–Crippen LogP) is 3.33. The molecule has 0 bridgehead atoms. The summed E-state index contributed by atoms with van der Waals surface area (Å²) in [6.45, 7) is 2.76. The average Bonchev–Trinajstić information content (AvgIpc) is 3.04. The van der Waals surface area contributed by atoms with Crippen molar-refractivity contribution in [3.8, 4) is 0 Å². The zero-order valence-corrected chi connectivity index (χ0v) is 12.5. The molecule has 1 saturated heterocycles. The van der Waals surface area contributed by atoms with Gasteiger partial charge in [-0.2, -0.15) is 0 Å². The summed E-state index contributed by atoms with van der Waals surface area (Å²) in [5.74, 6) is 0.502. The molecule has 4 heteroatoms. The van der Waals surface area contributed by atoms with Crippen LogP contribution < -0.4 is 15.5 Å². The second kappa shape index (κ2) is 6.98. The molecule has 3 rings (SSSR count). The van der Waals surface area contributed by atoms with Crippen molar-refractivity contribution in [1.29, 1.82) is 0 Å². The Hall–Kier alpha value is -2.49. The second-order valence-electron chi connectivity index (χ2n) is 5.64. The summed E-state index contributed by atoms with van der Waals surface area (Å²) in [5, 5.41) is 5.81. The molecule has 1 unspecified atom stereocenters. The van der Waals surface area contributed by atoms with Gasteiger partial charge < -0.3 is 15.5 Å². The summed E-state index contributed by atoms with van der Waals surface area (Å²) in [6, 6.07) is 19.8. The summed E-state index contributed by atoms with van der Waals surface area (Å²) in [5.41, 5.74) is 2.08. The fourth-order valence-corrected chi connectivity index (χ4v) is 2.81. The van der Waals surface area contributed by atoms with Gasteiger partial charge in [-0.15, -0.1) is 0 Å². The molecule has 1 aliphatic heterocycles. The van der Waals surface area contributed by atoms with Crippen molar-refractivity contribution in [2.75, 3.05) is 29.9 Å². The lowest BCUT2D eigenvalue weighted by Crippen LogP contribution is -2.34. The third-order valence-electron chi connectivity index (χ3n) is 3.99. The van der Waals surface area contributed by atoms with E-state index in [4.69, 9.17) is 0 Å². The highest BCUT2D eigenvalue weighted by Crippen LogP contribution is 2.22. The number of amides is 2. The number of rotatable bonds is 4. The molecule has 1 atom stereocenters. The normalized spacial score (nSPS) is 17.3. The van der Waals surface area contributed by atoms with Crippen molar-refractivity contribution in [3.63, 3.8) is 0 Å². The molecule has 114 valence electrons. The SMILES string of the molecule is O=C(NCC1CCN(c2ccccc2)C1)Nc1ccccc1. The number of nitrogens with zero attached hydrogens (tertiary/aromatic N) is 1. The number of hydrogen-bond acceptors (Lipinski definition) is 2. The molecule has 2 N–H and O–H groups in total. The van der Waals surface area contributed by atoms with Gasteiger partial charge in [0.15, 0.2) is 0 Å². The Morgan fingerprint density at radius 2 is 1.73 bits per heavy atom. The van der Waals surface area contributed by atoms with E-state index in [0.29, 0.717) is 12.5 Å². The maximum atomic E-state index is 11.9. The third kappa shape index (κ3) is 3.79. The van der Waals surface area contributed by atoms with Gasteiger partial charge in [0.2, 0.25) is 0 Å². The fraction of sp³-hybridized carbons (Fsp3) is 0.278. The van der Waals surface area contributed by atoms with E-state index in [-0.39, 0.29) is 6.03 Å². The summed E-state index contributed by atoms with van der Waals surface area (Å²) in [6.07, 6.45) is 1.11. The molecule has 0 aliphatic carbocycles. The number of nitrogens with one attached hydrogen (secondary N) is 2. The molecule has 2 aromatic carbocycles. The monoisotopic (exact) mass is 295 g/mol. The highest BCUT2D eigenvalue weighted by Gasteiger charge is 2.22. The van der Waals surface area contributed by atoms with Crippen molar-refractivity contribution < 1.29 is 4.79 Å². The van der Waals surface area contributed by atoms with E-state index in [0.717, 1.165) is 25.2 Å². The lowest BCUT2D eigenvalue weighted by Gasteiger charge is -2.18. The van der Waals surface area contributed by atoms with Gasteiger partial charge in [-0.05, 0) is 36.6 Å². The number of hydrogen-bond donors (Lipinski definition) is 2. The molecule has 1 aliphatic rings. The van der Waals surface area contributed by atoms with Gasteiger partial charge in [0.1, 0.15) is 0 Å². The van der Waals surface area contributed by atoms with E-state index < -0.39 is 0 Å². The quantitative estimate of drug-likeness (QED) is 0.908. The summed E-state index contributed by atoms with van der Waals surface area (Å²) in [4.78, 5) is 14.3. The Labute approximate surface area is 131 Å². The molecular weight excluding hydrogens is 274 g/mol. The van der Waals surface area contributed by atoms with Gasteiger partial charge in [0.25, 0.3) is 0 Å². The molecule has 1 fully saturated rings. The van der Waals surface area contributed by atoms with E-state index in [1.54, 1.807) is 0 Å². The third-order valence-corrected chi connectivity index (χ3v) is 3.99. The average molecular weight is 295 g/mol. The number of urea groups is 1. The Morgan fingerprint density at radius 1 is 1.05 bits per heavy atom. The highest BCUT2D eigenvalue weighted by molar-refractivity contribution is 5.89. The summed E-state index contributed by atoms with van der Waals surface area (Å²) < 4.78 is 0. The molecule has 0 aromatic heterocycles. The number of para-hydroxylation sites is 2. The number of carbonyl (C=O) groups excluding carboxylic acids is 1. The van der Waals surface area contributed by atoms with Crippen LogP contribution in [0.5, 0.6) is 0 Å². The van der Waals surface area contributed by atoms with Crippen molar-refractivity contribution in [2.45, 2.75) is 6.42 Å². The molecule has 4 nitrogen and oxygen atoms in total. The van der Waals surface area contributed by atoms with Crippen LogP contribution >= 0.6 is 0 Å². The zero-order valence-electron chi connectivity index (χ0n) is 12.5. The lowest BCUT2D eigenvalue weighted by atomic mass is 10.1. The van der Waals surface area contributed by atoms with Gasteiger partial charge in [-0.1, -0.05) is 36.4 Å². The van der Waals surface area contributed by atoms with Crippen LogP contribution in [-0.2, 0) is 0 Å². The zero-order chi connectivity index (χ0) is 15.2. The number of anilines is 2. The number of carbonyl (C=O) groups is 1. The molecule has 1 heterocycles. The standard InChI is InChI=1S/C18H21N3O/c22-18(20-16-7-3-1-4-8-16)19-13-15-11-12-21(14-15)17-9-5-2-6-10-17/h1-10,15H,11-14H2,(H2,19,20,22). The maximum absolute atomic E-state index is 11.9. The minimum Gasteiger partial charge on any atom is -0.371 e. The molecule has 0 radical (unpaired) electrons. The van der Waals surface area contributed by atoms with Crippen LogP contribution in [0.2, 0.25) is 0 Å². The molecule has 0 spiro atoms. The van der Waals surface area contributed by atoms with Crippen molar-refractivity contribution in [3.05, 3.63) is 60.7 Å². The molecule has 2 amide bonds. The molecule has 0 saturated carbocycles. The first kappa shape index (κ1) is 14.4. The molecule has 22 heavy (non-hydrogen) atoms. The van der Waals surface area contributed by atoms with Gasteiger partial charge in [0, 0.05) is 31.0 Å². The molecular formula is C18H21N3O. The highest BCUT2D eigenvalue weighted by atomic mass is 16.2. The van der Waals surface area contributed by atoms with E-state index in [1.807, 2.05) is 36.4 Å². The van der Waals surface area contributed by atoms with Crippen LogP contribution in [0.15, 0.2) is 60.7 Å². The first-order valence-corrected chi connectivity index (χ1v) is 7.71. The van der Waals surface area contributed by atoms with Crippen LogP contribution in [0.25, 0.3) is 0 Å². The minimum absolute atomic E-state index is 0.135. The van der Waals surface area contributed by atoms with E-state index in [2.05, 4.69) is 39.8 Å². The van der Waals surface area contributed by atoms with Crippen molar-refractivity contribution in [1.82, 2.24) is 5.32 Å². The van der Waals surface area contributed by atoms with Gasteiger partial charge >= 0.3 is 6.03 Å². The Morgan fingerprint density at radius 3 is 2.45 bits per heavy atom. The van der Waals surface area contributed by atoms with Crippen LogP contribution in [0, 0.1) is 5.92 Å². The number of benzene rings is 2. The van der Waals surface area contributed by atoms with Crippen LogP contribution in [0.4, 0.5) is 16.2 Å². The second-order valence-corrected chi connectivity index (χ2v) is 5.64.